The lowest BCUT2D eigenvalue weighted by Gasteiger charge is -2.37. The smallest absolute Gasteiger partial charge is 0.318 e. The largest absolute Gasteiger partial charge is 0.491 e. The van der Waals surface area contributed by atoms with Crippen molar-refractivity contribution >= 4 is 23.3 Å². The maximum atomic E-state index is 13.6. The van der Waals surface area contributed by atoms with Crippen molar-refractivity contribution in [1.29, 1.82) is 0 Å². The van der Waals surface area contributed by atoms with E-state index in [1.54, 1.807) is 33.3 Å². The molecule has 2 heterocycles. The Bertz CT molecular complexity index is 931. The van der Waals surface area contributed by atoms with Crippen LogP contribution in [-0.4, -0.2) is 54.0 Å². The molecule has 6 nitrogen and oxygen atoms in total. The fourth-order valence-electron chi connectivity index (χ4n) is 3.86. The molecule has 0 radical (unpaired) electrons. The third-order valence-corrected chi connectivity index (χ3v) is 6.23. The van der Waals surface area contributed by atoms with Gasteiger partial charge in [-0.15, -0.1) is 11.3 Å². The van der Waals surface area contributed by atoms with Crippen LogP contribution in [0.25, 0.3) is 0 Å². The van der Waals surface area contributed by atoms with E-state index in [4.69, 9.17) is 4.74 Å². The van der Waals surface area contributed by atoms with Gasteiger partial charge in [0, 0.05) is 30.1 Å². The Labute approximate surface area is 193 Å². The van der Waals surface area contributed by atoms with E-state index < -0.39 is 0 Å². The number of amides is 3. The van der Waals surface area contributed by atoms with Gasteiger partial charge >= 0.3 is 6.03 Å². The Hall–Kier alpha value is -2.61. The highest BCUT2D eigenvalue weighted by Gasteiger charge is 2.33. The molecule has 1 aliphatic heterocycles. The number of hydrogen-bond acceptors (Lipinski definition) is 4. The predicted octanol–water partition coefficient (Wildman–Crippen LogP) is 4.47. The summed E-state index contributed by atoms with van der Waals surface area (Å²) >= 11 is 1.67. The summed E-state index contributed by atoms with van der Waals surface area (Å²) < 4.78 is 19.4. The minimum Gasteiger partial charge on any atom is -0.491 e. The van der Waals surface area contributed by atoms with E-state index in [9.17, 15) is 14.0 Å². The molecule has 3 rings (SSSR count). The highest BCUT2D eigenvalue weighted by molar-refractivity contribution is 7.10. The molecule has 3 amide bonds. The van der Waals surface area contributed by atoms with E-state index in [1.807, 2.05) is 39.1 Å². The molecular formula is C24H32FN3O3S. The van der Waals surface area contributed by atoms with E-state index in [-0.39, 0.29) is 48.9 Å². The van der Waals surface area contributed by atoms with Crippen LogP contribution in [0.5, 0.6) is 5.75 Å². The van der Waals surface area contributed by atoms with E-state index in [1.165, 1.54) is 17.0 Å². The van der Waals surface area contributed by atoms with Gasteiger partial charge in [0.25, 0.3) is 0 Å². The van der Waals surface area contributed by atoms with Crippen molar-refractivity contribution in [1.82, 2.24) is 15.1 Å². The molecule has 0 spiro atoms. The minimum absolute atomic E-state index is 0.00662. The summed E-state index contributed by atoms with van der Waals surface area (Å²) in [6, 6.07) is 7.50. The Morgan fingerprint density at radius 1 is 1.28 bits per heavy atom. The molecular weight excluding hydrogens is 429 g/mol. The van der Waals surface area contributed by atoms with Crippen molar-refractivity contribution in [2.24, 2.45) is 5.92 Å². The standard InChI is InChI=1S/C24H32FN3O3S/c1-16(2)13-27(24(30)26-17(3)4)14-23(29)28-10-8-22-20(9-11-32-22)21(28)15-31-19-7-5-6-18(25)12-19/h5-7,9,11-12,16-17,21H,8,10,13-15H2,1-4H3,(H,26,30)/t21-/m1/s1. The fraction of sp³-hybridized carbons (Fsp3) is 0.500. The zero-order valence-corrected chi connectivity index (χ0v) is 20.0. The number of halogens is 1. The second kappa shape index (κ2) is 10.8. The van der Waals surface area contributed by atoms with Crippen LogP contribution >= 0.6 is 11.3 Å². The first kappa shape index (κ1) is 24.0. The number of nitrogens with one attached hydrogen (secondary N) is 1. The van der Waals surface area contributed by atoms with Gasteiger partial charge in [0.1, 0.15) is 24.7 Å². The normalized spacial score (nSPS) is 15.6. The molecule has 174 valence electrons. The Morgan fingerprint density at radius 3 is 2.75 bits per heavy atom. The number of nitrogens with zero attached hydrogens (tertiary/aromatic N) is 2. The van der Waals surface area contributed by atoms with Crippen molar-refractivity contribution in [3.05, 3.63) is 52.0 Å². The van der Waals surface area contributed by atoms with Crippen LogP contribution in [0, 0.1) is 11.7 Å². The molecule has 0 saturated heterocycles. The van der Waals surface area contributed by atoms with Gasteiger partial charge in [-0.05, 0) is 55.3 Å². The lowest BCUT2D eigenvalue weighted by molar-refractivity contribution is -0.135. The van der Waals surface area contributed by atoms with Gasteiger partial charge in [-0.2, -0.15) is 0 Å². The molecule has 0 aliphatic carbocycles. The number of benzene rings is 1. The third-order valence-electron chi connectivity index (χ3n) is 5.23. The molecule has 1 atom stereocenters. The van der Waals surface area contributed by atoms with Crippen LogP contribution in [-0.2, 0) is 11.2 Å². The first-order valence-electron chi connectivity index (χ1n) is 11.0. The van der Waals surface area contributed by atoms with Crippen LogP contribution in [0.1, 0.15) is 44.2 Å². The van der Waals surface area contributed by atoms with Gasteiger partial charge < -0.3 is 19.9 Å². The lowest BCUT2D eigenvalue weighted by Crippen LogP contribution is -2.51. The molecule has 2 aromatic rings. The molecule has 0 bridgehead atoms. The number of carbonyl (C=O) groups is 2. The van der Waals surface area contributed by atoms with Crippen LogP contribution in [0.2, 0.25) is 0 Å². The summed E-state index contributed by atoms with van der Waals surface area (Å²) in [6.45, 7) is 9.12. The van der Waals surface area contributed by atoms with Gasteiger partial charge in [0.05, 0.1) is 6.04 Å². The third kappa shape index (κ3) is 6.22. The van der Waals surface area contributed by atoms with Crippen LogP contribution in [0.4, 0.5) is 9.18 Å². The first-order chi connectivity index (χ1) is 15.2. The van der Waals surface area contributed by atoms with Crippen molar-refractivity contribution in [2.75, 3.05) is 26.2 Å². The molecule has 0 unspecified atom stereocenters. The summed E-state index contributed by atoms with van der Waals surface area (Å²) in [5, 5.41) is 4.91. The summed E-state index contributed by atoms with van der Waals surface area (Å²) in [5.74, 6) is 0.181. The van der Waals surface area contributed by atoms with Crippen molar-refractivity contribution in [2.45, 2.75) is 46.2 Å². The summed E-state index contributed by atoms with van der Waals surface area (Å²) in [6.07, 6.45) is 0.775. The molecule has 1 N–H and O–H groups in total. The van der Waals surface area contributed by atoms with Gasteiger partial charge in [-0.3, -0.25) is 4.79 Å². The van der Waals surface area contributed by atoms with E-state index in [0.29, 0.717) is 18.8 Å². The number of thiophene rings is 1. The lowest BCUT2D eigenvalue weighted by atomic mass is 10.0. The molecule has 1 aromatic carbocycles. The summed E-state index contributed by atoms with van der Waals surface area (Å²) in [4.78, 5) is 30.7. The van der Waals surface area contributed by atoms with E-state index >= 15 is 0 Å². The number of rotatable bonds is 8. The number of ether oxygens (including phenoxy) is 1. The van der Waals surface area contributed by atoms with Gasteiger partial charge in [-0.1, -0.05) is 19.9 Å². The van der Waals surface area contributed by atoms with Gasteiger partial charge in [0.15, 0.2) is 0 Å². The number of fused-ring (bicyclic) bond motifs is 1. The first-order valence-corrected chi connectivity index (χ1v) is 11.9. The highest BCUT2D eigenvalue weighted by atomic mass is 32.1. The van der Waals surface area contributed by atoms with E-state index in [2.05, 4.69) is 5.32 Å². The zero-order valence-electron chi connectivity index (χ0n) is 19.1. The Balaban J connectivity index is 1.76. The van der Waals surface area contributed by atoms with Crippen LogP contribution in [0.3, 0.4) is 0 Å². The number of carbonyl (C=O) groups excluding carboxylic acids is 2. The average Bonchev–Trinajstić information content (AvgIpc) is 3.19. The number of urea groups is 1. The van der Waals surface area contributed by atoms with Gasteiger partial charge in [0.2, 0.25) is 5.91 Å². The van der Waals surface area contributed by atoms with Gasteiger partial charge in [-0.25, -0.2) is 9.18 Å². The quantitative estimate of drug-likeness (QED) is 0.631. The van der Waals surface area contributed by atoms with E-state index in [0.717, 1.165) is 12.0 Å². The average molecular weight is 462 g/mol. The second-order valence-electron chi connectivity index (χ2n) is 8.80. The van der Waals surface area contributed by atoms with Crippen molar-refractivity contribution in [3.8, 4) is 5.75 Å². The predicted molar refractivity (Wildman–Crippen MR) is 124 cm³/mol. The molecule has 0 saturated carbocycles. The summed E-state index contributed by atoms with van der Waals surface area (Å²) in [7, 11) is 0. The van der Waals surface area contributed by atoms with Crippen molar-refractivity contribution in [3.63, 3.8) is 0 Å². The molecule has 32 heavy (non-hydrogen) atoms. The maximum Gasteiger partial charge on any atom is 0.318 e. The molecule has 1 aromatic heterocycles. The molecule has 8 heteroatoms. The Kier molecular flexibility index (Phi) is 8.12. The minimum atomic E-state index is -0.365. The molecule has 0 fully saturated rings. The van der Waals surface area contributed by atoms with Crippen molar-refractivity contribution < 1.29 is 18.7 Å². The Morgan fingerprint density at radius 2 is 2.06 bits per heavy atom. The second-order valence-corrected chi connectivity index (χ2v) is 9.80. The maximum absolute atomic E-state index is 13.6. The van der Waals surface area contributed by atoms with Crippen LogP contribution in [0.15, 0.2) is 35.7 Å². The fourth-order valence-corrected chi connectivity index (χ4v) is 4.79. The molecule has 1 aliphatic rings. The summed E-state index contributed by atoms with van der Waals surface area (Å²) in [5.41, 5.74) is 1.06. The topological polar surface area (TPSA) is 61.9 Å². The SMILES string of the molecule is CC(C)CN(CC(=O)N1CCc2sccc2[C@H]1COc1cccc(F)c1)C(=O)NC(C)C. The zero-order chi connectivity index (χ0) is 23.3. The highest BCUT2D eigenvalue weighted by Crippen LogP contribution is 2.34. The monoisotopic (exact) mass is 461 g/mol. The van der Waals surface area contributed by atoms with Crippen LogP contribution < -0.4 is 10.1 Å². The number of hydrogen-bond donors (Lipinski definition) is 1.